The molecule has 3 aromatic rings. The van der Waals surface area contributed by atoms with E-state index in [0.29, 0.717) is 17.2 Å². The minimum Gasteiger partial charge on any atom is -0.495 e. The minimum absolute atomic E-state index is 0.0387. The van der Waals surface area contributed by atoms with Crippen molar-refractivity contribution < 1.29 is 9.53 Å². The third-order valence-corrected chi connectivity index (χ3v) is 6.61. The van der Waals surface area contributed by atoms with E-state index >= 15 is 0 Å². The lowest BCUT2D eigenvalue weighted by Gasteiger charge is -2.13. The lowest BCUT2D eigenvalue weighted by atomic mass is 10.3. The first kappa shape index (κ1) is 18.0. The molecule has 0 aliphatic carbocycles. The molecule has 1 atom stereocenters. The molecule has 25 heavy (non-hydrogen) atoms. The van der Waals surface area contributed by atoms with Gasteiger partial charge in [-0.05, 0) is 30.5 Å². The van der Waals surface area contributed by atoms with Crippen LogP contribution in [0.4, 0.5) is 5.69 Å². The summed E-state index contributed by atoms with van der Waals surface area (Å²) in [4.78, 5) is 18.2. The number of anilines is 1. The van der Waals surface area contributed by atoms with Gasteiger partial charge in [-0.2, -0.15) is 0 Å². The number of methoxy groups -OCH3 is 1. The average molecular weight is 391 g/mol. The molecule has 1 aromatic carbocycles. The number of rotatable bonds is 7. The molecule has 0 unspecified atom stereocenters. The zero-order valence-corrected chi connectivity index (χ0v) is 16.3. The van der Waals surface area contributed by atoms with Crippen LogP contribution in [-0.4, -0.2) is 23.3 Å². The van der Waals surface area contributed by atoms with E-state index in [4.69, 9.17) is 4.74 Å². The molecule has 7 heteroatoms. The van der Waals surface area contributed by atoms with Gasteiger partial charge < -0.3 is 10.1 Å². The number of thiophene rings is 1. The molecule has 0 saturated carbocycles. The smallest absolute Gasteiger partial charge is 0.237 e. The van der Waals surface area contributed by atoms with Gasteiger partial charge in [0.1, 0.15) is 10.8 Å². The van der Waals surface area contributed by atoms with Crippen LogP contribution in [0.1, 0.15) is 12.6 Å². The molecule has 0 spiro atoms. The van der Waals surface area contributed by atoms with Crippen LogP contribution < -0.4 is 10.1 Å². The highest BCUT2D eigenvalue weighted by Gasteiger charge is 2.16. The summed E-state index contributed by atoms with van der Waals surface area (Å²) in [6.07, 6.45) is 0. The number of hydrogen-bond donors (Lipinski definition) is 1. The summed E-state index contributed by atoms with van der Waals surface area (Å²) in [6.45, 7) is 1.90. The molecule has 0 bridgehead atoms. The van der Waals surface area contributed by atoms with Crippen molar-refractivity contribution in [1.29, 1.82) is 0 Å². The predicted molar refractivity (Wildman–Crippen MR) is 108 cm³/mol. The number of thioether (sulfide) groups is 1. The number of carbonyl (C=O) groups excluding carboxylic acids is 1. The van der Waals surface area contributed by atoms with Gasteiger partial charge in [0, 0.05) is 11.1 Å². The van der Waals surface area contributed by atoms with Crippen molar-refractivity contribution >= 4 is 46.0 Å². The second kappa shape index (κ2) is 8.51. The molecular weight excluding hydrogens is 372 g/mol. The molecule has 0 aliphatic heterocycles. The normalized spacial score (nSPS) is 11.9. The molecular formula is C18H18N2O2S3. The van der Waals surface area contributed by atoms with E-state index in [1.54, 1.807) is 41.5 Å². The van der Waals surface area contributed by atoms with Crippen molar-refractivity contribution in [3.8, 4) is 15.6 Å². The van der Waals surface area contributed by atoms with Crippen molar-refractivity contribution in [3.05, 3.63) is 52.9 Å². The van der Waals surface area contributed by atoms with E-state index < -0.39 is 0 Å². The summed E-state index contributed by atoms with van der Waals surface area (Å²) in [7, 11) is 1.59. The summed E-state index contributed by atoms with van der Waals surface area (Å²) >= 11 is 4.91. The Labute approximate surface area is 159 Å². The summed E-state index contributed by atoms with van der Waals surface area (Å²) < 4.78 is 5.26. The fourth-order valence-electron chi connectivity index (χ4n) is 2.16. The third-order valence-electron chi connectivity index (χ3n) is 3.50. The fourth-order valence-corrected chi connectivity index (χ4v) is 4.67. The van der Waals surface area contributed by atoms with Gasteiger partial charge in [-0.25, -0.2) is 4.98 Å². The highest BCUT2D eigenvalue weighted by molar-refractivity contribution is 7.99. The van der Waals surface area contributed by atoms with Gasteiger partial charge in [-0.1, -0.05) is 18.2 Å². The van der Waals surface area contributed by atoms with Crippen LogP contribution in [0.25, 0.3) is 9.88 Å². The van der Waals surface area contributed by atoms with Gasteiger partial charge >= 0.3 is 0 Å². The molecule has 130 valence electrons. The molecule has 1 N–H and O–H groups in total. The van der Waals surface area contributed by atoms with Crippen molar-refractivity contribution in [2.75, 3.05) is 12.4 Å². The maximum atomic E-state index is 12.4. The van der Waals surface area contributed by atoms with E-state index in [1.165, 1.54) is 4.88 Å². The van der Waals surface area contributed by atoms with Crippen LogP contribution >= 0.6 is 34.4 Å². The average Bonchev–Trinajstić information content (AvgIpc) is 3.31. The maximum absolute atomic E-state index is 12.4. The molecule has 4 nitrogen and oxygen atoms in total. The number of carbonyl (C=O) groups is 1. The van der Waals surface area contributed by atoms with Crippen molar-refractivity contribution in [1.82, 2.24) is 4.98 Å². The largest absolute Gasteiger partial charge is 0.495 e. The Hall–Kier alpha value is -1.83. The van der Waals surface area contributed by atoms with Crippen LogP contribution in [0, 0.1) is 0 Å². The SMILES string of the molecule is COc1ccccc1NC(=O)[C@H](C)SCc1csc(-c2cccs2)n1. The molecule has 3 rings (SSSR count). The van der Waals surface area contributed by atoms with Gasteiger partial charge in [0.2, 0.25) is 5.91 Å². The van der Waals surface area contributed by atoms with Crippen LogP contribution in [0.15, 0.2) is 47.2 Å². The van der Waals surface area contributed by atoms with E-state index in [2.05, 4.69) is 27.1 Å². The van der Waals surface area contributed by atoms with Crippen LogP contribution in [0.2, 0.25) is 0 Å². The number of hydrogen-bond acceptors (Lipinski definition) is 6. The second-order valence-electron chi connectivity index (χ2n) is 5.26. The Kier molecular flexibility index (Phi) is 6.12. The molecule has 2 heterocycles. The first-order valence-corrected chi connectivity index (χ1v) is 10.5. The quantitative estimate of drug-likeness (QED) is 0.607. The number of aromatic nitrogens is 1. The van der Waals surface area contributed by atoms with E-state index in [9.17, 15) is 4.79 Å². The number of thiazole rings is 1. The number of ether oxygens (including phenoxy) is 1. The van der Waals surface area contributed by atoms with Gasteiger partial charge in [0.15, 0.2) is 0 Å². The number of nitrogens with one attached hydrogen (secondary N) is 1. The monoisotopic (exact) mass is 390 g/mol. The van der Waals surface area contributed by atoms with E-state index in [-0.39, 0.29) is 11.2 Å². The lowest BCUT2D eigenvalue weighted by Crippen LogP contribution is -2.22. The standard InChI is InChI=1S/C18H18N2O2S3/c1-12(17(21)20-14-6-3-4-7-15(14)22-2)24-10-13-11-25-18(19-13)16-8-5-9-23-16/h3-9,11-12H,10H2,1-2H3,(H,20,21)/t12-/m0/s1. The number of amides is 1. The number of benzene rings is 1. The van der Waals surface area contributed by atoms with Crippen LogP contribution in [0.3, 0.4) is 0 Å². The van der Waals surface area contributed by atoms with E-state index in [0.717, 1.165) is 10.7 Å². The zero-order chi connectivity index (χ0) is 17.6. The first-order valence-electron chi connectivity index (χ1n) is 7.71. The van der Waals surface area contributed by atoms with Crippen LogP contribution in [-0.2, 0) is 10.5 Å². The minimum atomic E-state index is -0.184. The first-order chi connectivity index (χ1) is 12.2. The molecule has 1 amide bonds. The molecule has 0 radical (unpaired) electrons. The summed E-state index contributed by atoms with van der Waals surface area (Å²) in [5, 5.41) is 7.89. The van der Waals surface area contributed by atoms with Gasteiger partial charge in [0.25, 0.3) is 0 Å². The second-order valence-corrected chi connectivity index (χ2v) is 8.40. The van der Waals surface area contributed by atoms with Crippen molar-refractivity contribution in [2.45, 2.75) is 17.9 Å². The molecule has 0 saturated heterocycles. The fraction of sp³-hybridized carbons (Fsp3) is 0.222. The predicted octanol–water partition coefficient (Wildman–Crippen LogP) is 5.14. The number of para-hydroxylation sites is 2. The number of nitrogens with zero attached hydrogens (tertiary/aromatic N) is 1. The van der Waals surface area contributed by atoms with Crippen molar-refractivity contribution in [2.24, 2.45) is 0 Å². The maximum Gasteiger partial charge on any atom is 0.237 e. The summed E-state index contributed by atoms with van der Waals surface area (Å²) in [6, 6.07) is 11.5. The molecule has 2 aromatic heterocycles. The van der Waals surface area contributed by atoms with Gasteiger partial charge in [-0.15, -0.1) is 34.4 Å². The van der Waals surface area contributed by atoms with E-state index in [1.807, 2.05) is 37.3 Å². The summed E-state index contributed by atoms with van der Waals surface area (Å²) in [5.41, 5.74) is 1.70. The van der Waals surface area contributed by atoms with Crippen LogP contribution in [0.5, 0.6) is 5.75 Å². The Balaban J connectivity index is 1.55. The summed E-state index contributed by atoms with van der Waals surface area (Å²) in [5.74, 6) is 1.33. The van der Waals surface area contributed by atoms with Gasteiger partial charge in [0.05, 0.1) is 28.6 Å². The molecule has 0 fully saturated rings. The third kappa shape index (κ3) is 4.62. The van der Waals surface area contributed by atoms with Gasteiger partial charge in [-0.3, -0.25) is 4.79 Å². The van der Waals surface area contributed by atoms with Crippen molar-refractivity contribution in [3.63, 3.8) is 0 Å². The Morgan fingerprint density at radius 2 is 2.12 bits per heavy atom. The highest BCUT2D eigenvalue weighted by Crippen LogP contribution is 2.30. The Bertz CT molecular complexity index is 830. The highest BCUT2D eigenvalue weighted by atomic mass is 32.2. The molecule has 0 aliphatic rings. The lowest BCUT2D eigenvalue weighted by molar-refractivity contribution is -0.115. The Morgan fingerprint density at radius 3 is 2.88 bits per heavy atom. The zero-order valence-electron chi connectivity index (χ0n) is 13.9. The topological polar surface area (TPSA) is 51.2 Å². The Morgan fingerprint density at radius 1 is 1.28 bits per heavy atom.